The van der Waals surface area contributed by atoms with Gasteiger partial charge < -0.3 is 14.7 Å². The second-order valence-electron chi connectivity index (χ2n) is 8.36. The van der Waals surface area contributed by atoms with E-state index in [0.29, 0.717) is 64.3 Å². The molecule has 2 aromatic rings. The van der Waals surface area contributed by atoms with Crippen LogP contribution < -0.4 is 0 Å². The van der Waals surface area contributed by atoms with Gasteiger partial charge in [0, 0.05) is 44.5 Å². The number of fused-ring (bicyclic) bond motifs is 1. The number of benzene rings is 1. The summed E-state index contributed by atoms with van der Waals surface area (Å²) >= 11 is 0. The number of alkyl halides is 6. The minimum absolute atomic E-state index is 0.0384. The first-order chi connectivity index (χ1) is 16.4. The summed E-state index contributed by atoms with van der Waals surface area (Å²) < 4.78 is 85.4. The van der Waals surface area contributed by atoms with E-state index in [9.17, 15) is 36.2 Å². The summed E-state index contributed by atoms with van der Waals surface area (Å²) in [5, 5.41) is 10.6. The smallest absolute Gasteiger partial charge is 0.433 e. The predicted molar refractivity (Wildman–Crippen MR) is 115 cm³/mol. The summed E-state index contributed by atoms with van der Waals surface area (Å²) in [5.41, 5.74) is -3.85. The van der Waals surface area contributed by atoms with Gasteiger partial charge in [0.2, 0.25) is 0 Å². The van der Waals surface area contributed by atoms with E-state index in [1.165, 1.54) is 6.07 Å². The highest BCUT2D eigenvalue weighted by atomic mass is 19.4. The molecule has 1 aromatic carbocycles. The highest BCUT2D eigenvalue weighted by molar-refractivity contribution is 5.86. The van der Waals surface area contributed by atoms with Gasteiger partial charge in [0.05, 0.1) is 23.8 Å². The number of rotatable bonds is 8. The summed E-state index contributed by atoms with van der Waals surface area (Å²) in [6.07, 6.45) is -10.4. The number of β-amino-alcohol motifs (C(OH)–C–C–N with tert-alkyl or cyclic N) is 1. The van der Waals surface area contributed by atoms with Crippen LogP contribution in [-0.4, -0.2) is 71.7 Å². The molecule has 0 radical (unpaired) electrons. The van der Waals surface area contributed by atoms with E-state index in [2.05, 4.69) is 9.88 Å². The molecule has 0 amide bonds. The van der Waals surface area contributed by atoms with E-state index in [-0.39, 0.29) is 23.5 Å². The Bertz CT molecular complexity index is 1020. The molecule has 6 nitrogen and oxygen atoms in total. The van der Waals surface area contributed by atoms with Crippen LogP contribution in [0, 0.1) is 0 Å². The number of esters is 1. The Morgan fingerprint density at radius 3 is 2.34 bits per heavy atom. The Morgan fingerprint density at radius 1 is 1.09 bits per heavy atom. The first-order valence-electron chi connectivity index (χ1n) is 11.3. The SMILES string of the molecule is CCOC(=O)CCCN1CCN(C[C@@H](O)c2cc(C(F)(F)F)nc3c(C(F)(F)F)cccc23)CC1. The van der Waals surface area contributed by atoms with Crippen LogP contribution >= 0.6 is 0 Å². The molecule has 3 rings (SSSR count). The molecule has 35 heavy (non-hydrogen) atoms. The van der Waals surface area contributed by atoms with Crippen molar-refractivity contribution < 1.29 is 41.0 Å². The fraction of sp³-hybridized carbons (Fsp3) is 0.565. The summed E-state index contributed by atoms with van der Waals surface area (Å²) in [4.78, 5) is 18.7. The molecular weight excluding hydrogens is 480 g/mol. The van der Waals surface area contributed by atoms with Crippen LogP contribution in [0.2, 0.25) is 0 Å². The van der Waals surface area contributed by atoms with Crippen LogP contribution in [-0.2, 0) is 21.9 Å². The highest BCUT2D eigenvalue weighted by Crippen LogP contribution is 2.39. The molecule has 0 unspecified atom stereocenters. The van der Waals surface area contributed by atoms with Crippen LogP contribution in [0.1, 0.15) is 42.7 Å². The number of aliphatic hydroxyl groups is 1. The first-order valence-corrected chi connectivity index (χ1v) is 11.3. The lowest BCUT2D eigenvalue weighted by Gasteiger charge is -2.35. The molecule has 194 valence electrons. The number of halogens is 6. The molecule has 1 fully saturated rings. The minimum Gasteiger partial charge on any atom is -0.466 e. The van der Waals surface area contributed by atoms with Crippen molar-refractivity contribution in [2.75, 3.05) is 45.9 Å². The lowest BCUT2D eigenvalue weighted by atomic mass is 9.99. The maximum Gasteiger partial charge on any atom is 0.433 e. The maximum absolute atomic E-state index is 13.4. The van der Waals surface area contributed by atoms with Crippen molar-refractivity contribution in [1.29, 1.82) is 0 Å². The molecule has 1 aliphatic rings. The van der Waals surface area contributed by atoms with Crippen LogP contribution in [0.4, 0.5) is 26.3 Å². The molecule has 1 saturated heterocycles. The maximum atomic E-state index is 13.4. The van der Waals surface area contributed by atoms with Gasteiger partial charge in [-0.1, -0.05) is 12.1 Å². The van der Waals surface area contributed by atoms with Crippen molar-refractivity contribution in [2.24, 2.45) is 0 Å². The molecule has 12 heteroatoms. The Balaban J connectivity index is 1.72. The zero-order valence-corrected chi connectivity index (χ0v) is 19.1. The third-order valence-corrected chi connectivity index (χ3v) is 5.88. The number of hydrogen-bond donors (Lipinski definition) is 1. The van der Waals surface area contributed by atoms with Crippen LogP contribution in [0.5, 0.6) is 0 Å². The van der Waals surface area contributed by atoms with E-state index in [1.807, 2.05) is 4.90 Å². The van der Waals surface area contributed by atoms with Gasteiger partial charge in [-0.2, -0.15) is 26.3 Å². The van der Waals surface area contributed by atoms with Crippen LogP contribution in [0.15, 0.2) is 24.3 Å². The lowest BCUT2D eigenvalue weighted by Crippen LogP contribution is -2.47. The van der Waals surface area contributed by atoms with Gasteiger partial charge in [0.25, 0.3) is 0 Å². The first kappa shape index (κ1) is 27.2. The van der Waals surface area contributed by atoms with Crippen molar-refractivity contribution in [1.82, 2.24) is 14.8 Å². The van der Waals surface area contributed by atoms with E-state index < -0.39 is 35.2 Å². The number of hydrogen-bond acceptors (Lipinski definition) is 6. The fourth-order valence-electron chi connectivity index (χ4n) is 4.14. The van der Waals surface area contributed by atoms with Gasteiger partial charge in [0.15, 0.2) is 0 Å². The molecule has 0 saturated carbocycles. The summed E-state index contributed by atoms with van der Waals surface area (Å²) in [5.74, 6) is -0.259. The number of piperazine rings is 1. The standard InChI is InChI=1S/C23H27F6N3O3/c1-2-35-20(34)7-4-8-31-9-11-32(12-10-31)14-18(33)16-13-19(23(27,28)29)30-21-15(16)5-3-6-17(21)22(24,25)26/h3,5-6,13,18,33H,2,4,7-12,14H2,1H3/t18-/m1/s1. The Hall–Kier alpha value is -2.44. The Kier molecular flexibility index (Phi) is 8.60. The molecule has 0 aliphatic carbocycles. The van der Waals surface area contributed by atoms with Crippen LogP contribution in [0.3, 0.4) is 0 Å². The van der Waals surface area contributed by atoms with E-state index in [1.54, 1.807) is 6.92 Å². The summed E-state index contributed by atoms with van der Waals surface area (Å²) in [6.45, 7) is 4.98. The van der Waals surface area contributed by atoms with Crippen molar-refractivity contribution in [3.63, 3.8) is 0 Å². The van der Waals surface area contributed by atoms with Gasteiger partial charge in [-0.25, -0.2) is 4.98 Å². The summed E-state index contributed by atoms with van der Waals surface area (Å²) in [7, 11) is 0. The quantitative estimate of drug-likeness (QED) is 0.426. The molecule has 1 atom stereocenters. The normalized spacial score (nSPS) is 17.0. The van der Waals surface area contributed by atoms with E-state index in [4.69, 9.17) is 4.74 Å². The third kappa shape index (κ3) is 7.05. The number of para-hydroxylation sites is 1. The van der Waals surface area contributed by atoms with Crippen LogP contribution in [0.25, 0.3) is 10.9 Å². The number of carbonyl (C=O) groups is 1. The Morgan fingerprint density at radius 2 is 1.74 bits per heavy atom. The zero-order chi connectivity index (χ0) is 25.8. The Labute approximate surface area is 198 Å². The molecular formula is C23H27F6N3O3. The average molecular weight is 507 g/mol. The molecule has 0 bridgehead atoms. The fourth-order valence-corrected chi connectivity index (χ4v) is 4.14. The average Bonchev–Trinajstić information content (AvgIpc) is 2.78. The number of carbonyl (C=O) groups excluding carboxylic acids is 1. The topological polar surface area (TPSA) is 65.9 Å². The molecule has 1 aliphatic heterocycles. The monoisotopic (exact) mass is 507 g/mol. The number of ether oxygens (including phenoxy) is 1. The van der Waals surface area contributed by atoms with Gasteiger partial charge in [-0.05, 0) is 37.6 Å². The van der Waals surface area contributed by atoms with E-state index >= 15 is 0 Å². The van der Waals surface area contributed by atoms with Crippen molar-refractivity contribution in [3.05, 3.63) is 41.1 Å². The molecule has 2 heterocycles. The third-order valence-electron chi connectivity index (χ3n) is 5.88. The van der Waals surface area contributed by atoms with Crippen molar-refractivity contribution in [2.45, 2.75) is 38.2 Å². The highest BCUT2D eigenvalue weighted by Gasteiger charge is 2.38. The van der Waals surface area contributed by atoms with Gasteiger partial charge in [0.1, 0.15) is 5.69 Å². The number of pyridine rings is 1. The number of nitrogens with zero attached hydrogens (tertiary/aromatic N) is 3. The molecule has 1 aromatic heterocycles. The van der Waals surface area contributed by atoms with Crippen molar-refractivity contribution >= 4 is 16.9 Å². The lowest BCUT2D eigenvalue weighted by molar-refractivity contribution is -0.143. The molecule has 0 spiro atoms. The number of aliphatic hydroxyl groups excluding tert-OH is 1. The predicted octanol–water partition coefficient (Wildman–Crippen LogP) is 4.27. The molecule has 1 N–H and O–H groups in total. The second-order valence-corrected chi connectivity index (χ2v) is 8.36. The van der Waals surface area contributed by atoms with E-state index in [0.717, 1.165) is 6.07 Å². The second kappa shape index (κ2) is 11.1. The largest absolute Gasteiger partial charge is 0.466 e. The summed E-state index contributed by atoms with van der Waals surface area (Å²) in [6, 6.07) is 3.62. The zero-order valence-electron chi connectivity index (χ0n) is 19.1. The van der Waals surface area contributed by atoms with Gasteiger partial charge in [-0.15, -0.1) is 0 Å². The van der Waals surface area contributed by atoms with Gasteiger partial charge >= 0.3 is 18.3 Å². The van der Waals surface area contributed by atoms with Gasteiger partial charge in [-0.3, -0.25) is 9.69 Å². The number of aromatic nitrogens is 1. The minimum atomic E-state index is -4.98. The van der Waals surface area contributed by atoms with Crippen molar-refractivity contribution in [3.8, 4) is 0 Å².